The zero-order valence-electron chi connectivity index (χ0n) is 10.8. The van der Waals surface area contributed by atoms with Gasteiger partial charge >= 0.3 is 0 Å². The van der Waals surface area contributed by atoms with Gasteiger partial charge in [0.25, 0.3) is 5.91 Å². The molecule has 0 radical (unpaired) electrons. The first-order valence-electron chi connectivity index (χ1n) is 6.05. The fraction of sp³-hybridized carbons (Fsp3) is 0.308. The predicted octanol–water partition coefficient (Wildman–Crippen LogP) is 1.93. The van der Waals surface area contributed by atoms with Crippen molar-refractivity contribution in [2.24, 2.45) is 0 Å². The van der Waals surface area contributed by atoms with Crippen LogP contribution in [0.15, 0.2) is 30.7 Å². The van der Waals surface area contributed by atoms with Crippen LogP contribution in [-0.4, -0.2) is 20.7 Å². The summed E-state index contributed by atoms with van der Waals surface area (Å²) in [5, 5.41) is 6.85. The van der Waals surface area contributed by atoms with Crippen LogP contribution in [0.1, 0.15) is 35.8 Å². The van der Waals surface area contributed by atoms with Gasteiger partial charge in [-0.1, -0.05) is 0 Å². The number of amides is 1. The standard InChI is InChI=1S/C13H15FN4O/c1-3-18-8-10(7-16-18)9(2)17-13(19)11-5-4-6-15-12(11)14/h4-9H,3H2,1-2H3,(H,17,19). The van der Waals surface area contributed by atoms with Gasteiger partial charge in [0, 0.05) is 24.5 Å². The Labute approximate surface area is 110 Å². The van der Waals surface area contributed by atoms with Gasteiger partial charge in [0.15, 0.2) is 0 Å². The average molecular weight is 262 g/mol. The maximum atomic E-state index is 13.4. The lowest BCUT2D eigenvalue weighted by Gasteiger charge is -2.12. The lowest BCUT2D eigenvalue weighted by molar-refractivity contribution is 0.0935. The quantitative estimate of drug-likeness (QED) is 0.856. The fourth-order valence-electron chi connectivity index (χ4n) is 1.69. The van der Waals surface area contributed by atoms with E-state index in [0.29, 0.717) is 0 Å². The third-order valence-corrected chi connectivity index (χ3v) is 2.83. The molecule has 1 N–H and O–H groups in total. The molecule has 0 saturated carbocycles. The molecular formula is C13H15FN4O. The van der Waals surface area contributed by atoms with Crippen LogP contribution in [-0.2, 0) is 6.54 Å². The van der Waals surface area contributed by atoms with E-state index in [4.69, 9.17) is 0 Å². The van der Waals surface area contributed by atoms with E-state index in [0.717, 1.165) is 12.1 Å². The molecule has 5 nitrogen and oxygen atoms in total. The van der Waals surface area contributed by atoms with Crippen molar-refractivity contribution >= 4 is 5.91 Å². The third kappa shape index (κ3) is 2.96. The second kappa shape index (κ2) is 5.60. The molecule has 0 aliphatic heterocycles. The molecule has 1 unspecified atom stereocenters. The molecule has 0 fully saturated rings. The van der Waals surface area contributed by atoms with Crippen molar-refractivity contribution in [2.45, 2.75) is 26.4 Å². The van der Waals surface area contributed by atoms with Crippen LogP contribution in [0.3, 0.4) is 0 Å². The van der Waals surface area contributed by atoms with Crippen molar-refractivity contribution in [3.8, 4) is 0 Å². The van der Waals surface area contributed by atoms with Gasteiger partial charge in [-0.3, -0.25) is 9.48 Å². The average Bonchev–Trinajstić information content (AvgIpc) is 2.88. The number of hydrogen-bond donors (Lipinski definition) is 1. The van der Waals surface area contributed by atoms with Crippen molar-refractivity contribution in [3.05, 3.63) is 47.8 Å². The van der Waals surface area contributed by atoms with Gasteiger partial charge in [0.1, 0.15) is 0 Å². The number of aryl methyl sites for hydroxylation is 1. The molecule has 0 aliphatic carbocycles. The minimum Gasteiger partial charge on any atom is -0.345 e. The molecule has 0 aromatic carbocycles. The summed E-state index contributed by atoms with van der Waals surface area (Å²) in [6.45, 7) is 4.56. The molecule has 1 atom stereocenters. The summed E-state index contributed by atoms with van der Waals surface area (Å²) in [5.74, 6) is -1.25. The van der Waals surface area contributed by atoms with Crippen LogP contribution in [0, 0.1) is 5.95 Å². The van der Waals surface area contributed by atoms with E-state index >= 15 is 0 Å². The first-order chi connectivity index (χ1) is 9.11. The molecule has 2 aromatic heterocycles. The Balaban J connectivity index is 2.08. The smallest absolute Gasteiger partial charge is 0.256 e. The number of rotatable bonds is 4. The Hall–Kier alpha value is -2.24. The van der Waals surface area contributed by atoms with Gasteiger partial charge in [0.05, 0.1) is 17.8 Å². The summed E-state index contributed by atoms with van der Waals surface area (Å²) in [7, 11) is 0. The van der Waals surface area contributed by atoms with Crippen LogP contribution in [0.25, 0.3) is 0 Å². The summed E-state index contributed by atoms with van der Waals surface area (Å²) in [4.78, 5) is 15.4. The lowest BCUT2D eigenvalue weighted by Crippen LogP contribution is -2.27. The number of hydrogen-bond acceptors (Lipinski definition) is 3. The number of nitrogens with zero attached hydrogens (tertiary/aromatic N) is 3. The maximum Gasteiger partial charge on any atom is 0.256 e. The van der Waals surface area contributed by atoms with Crippen molar-refractivity contribution in [1.82, 2.24) is 20.1 Å². The molecule has 2 rings (SSSR count). The number of carbonyl (C=O) groups excluding carboxylic acids is 1. The van der Waals surface area contributed by atoms with Gasteiger partial charge < -0.3 is 5.32 Å². The minimum absolute atomic E-state index is 0.0581. The van der Waals surface area contributed by atoms with E-state index in [1.165, 1.54) is 18.3 Å². The number of carbonyl (C=O) groups is 1. The van der Waals surface area contributed by atoms with Crippen molar-refractivity contribution in [2.75, 3.05) is 0 Å². The SMILES string of the molecule is CCn1cc(C(C)NC(=O)c2cccnc2F)cn1. The fourth-order valence-corrected chi connectivity index (χ4v) is 1.69. The highest BCUT2D eigenvalue weighted by Gasteiger charge is 2.16. The number of pyridine rings is 1. The molecular weight excluding hydrogens is 247 g/mol. The molecule has 1 amide bonds. The van der Waals surface area contributed by atoms with E-state index < -0.39 is 11.9 Å². The molecule has 6 heteroatoms. The van der Waals surface area contributed by atoms with Crippen LogP contribution in [0.4, 0.5) is 4.39 Å². The molecule has 2 aromatic rings. The maximum absolute atomic E-state index is 13.4. The van der Waals surface area contributed by atoms with Crippen molar-refractivity contribution < 1.29 is 9.18 Å². The second-order valence-corrected chi connectivity index (χ2v) is 4.17. The normalized spacial score (nSPS) is 12.2. The zero-order chi connectivity index (χ0) is 13.8. The Morgan fingerprint density at radius 2 is 2.37 bits per heavy atom. The number of nitrogens with one attached hydrogen (secondary N) is 1. The molecule has 0 saturated heterocycles. The molecule has 19 heavy (non-hydrogen) atoms. The van der Waals surface area contributed by atoms with E-state index in [9.17, 15) is 9.18 Å². The van der Waals surface area contributed by atoms with Crippen molar-refractivity contribution in [1.29, 1.82) is 0 Å². The Morgan fingerprint density at radius 3 is 3.00 bits per heavy atom. The Bertz CT molecular complexity index is 582. The summed E-state index contributed by atoms with van der Waals surface area (Å²) >= 11 is 0. The van der Waals surface area contributed by atoms with E-state index in [1.807, 2.05) is 20.0 Å². The number of halogens is 1. The molecule has 0 spiro atoms. The summed E-state index contributed by atoms with van der Waals surface area (Å²) in [5.41, 5.74) is 0.816. The van der Waals surface area contributed by atoms with E-state index in [2.05, 4.69) is 15.4 Å². The first kappa shape index (κ1) is 13.2. The van der Waals surface area contributed by atoms with Gasteiger partial charge in [-0.2, -0.15) is 9.49 Å². The Kier molecular flexibility index (Phi) is 3.89. The molecule has 0 aliphatic rings. The van der Waals surface area contributed by atoms with Gasteiger partial charge in [0.2, 0.25) is 5.95 Å². The van der Waals surface area contributed by atoms with Crippen molar-refractivity contribution in [3.63, 3.8) is 0 Å². The highest BCUT2D eigenvalue weighted by atomic mass is 19.1. The van der Waals surface area contributed by atoms with Gasteiger partial charge in [-0.25, -0.2) is 4.98 Å². The second-order valence-electron chi connectivity index (χ2n) is 4.17. The lowest BCUT2D eigenvalue weighted by atomic mass is 10.1. The molecule has 2 heterocycles. The highest BCUT2D eigenvalue weighted by molar-refractivity contribution is 5.94. The van der Waals surface area contributed by atoms with E-state index in [-0.39, 0.29) is 11.6 Å². The summed E-state index contributed by atoms with van der Waals surface area (Å²) in [6, 6.07) is 2.69. The summed E-state index contributed by atoms with van der Waals surface area (Å²) < 4.78 is 15.1. The van der Waals surface area contributed by atoms with Gasteiger partial charge in [-0.15, -0.1) is 0 Å². The highest BCUT2D eigenvalue weighted by Crippen LogP contribution is 2.12. The van der Waals surface area contributed by atoms with Crippen LogP contribution in [0.2, 0.25) is 0 Å². The first-order valence-corrected chi connectivity index (χ1v) is 6.05. The van der Waals surface area contributed by atoms with Crippen LogP contribution < -0.4 is 5.32 Å². The monoisotopic (exact) mass is 262 g/mol. The Morgan fingerprint density at radius 1 is 1.58 bits per heavy atom. The van der Waals surface area contributed by atoms with Crippen LogP contribution in [0.5, 0.6) is 0 Å². The van der Waals surface area contributed by atoms with E-state index in [1.54, 1.807) is 10.9 Å². The molecule has 100 valence electrons. The summed E-state index contributed by atoms with van der Waals surface area (Å²) in [6.07, 6.45) is 4.85. The van der Waals surface area contributed by atoms with Gasteiger partial charge in [-0.05, 0) is 26.0 Å². The van der Waals surface area contributed by atoms with Crippen LogP contribution >= 0.6 is 0 Å². The zero-order valence-corrected chi connectivity index (χ0v) is 10.8. The molecule has 0 bridgehead atoms. The largest absolute Gasteiger partial charge is 0.345 e. The predicted molar refractivity (Wildman–Crippen MR) is 68.0 cm³/mol. The minimum atomic E-state index is -0.767. The third-order valence-electron chi connectivity index (χ3n) is 2.83. The number of aromatic nitrogens is 3. The topological polar surface area (TPSA) is 59.8 Å².